The second kappa shape index (κ2) is 8.75. The molecule has 3 heterocycles. The largest absolute Gasteiger partial charge is 0.492 e. The van der Waals surface area contributed by atoms with Crippen LogP contribution in [0.2, 0.25) is 5.02 Å². The van der Waals surface area contributed by atoms with Gasteiger partial charge >= 0.3 is 0 Å². The summed E-state index contributed by atoms with van der Waals surface area (Å²) in [5.41, 5.74) is 10.1. The highest BCUT2D eigenvalue weighted by Crippen LogP contribution is 2.21. The predicted octanol–water partition coefficient (Wildman–Crippen LogP) is 4.25. The first-order valence-electron chi connectivity index (χ1n) is 9.23. The van der Waals surface area contributed by atoms with E-state index in [1.165, 1.54) is 0 Å². The van der Waals surface area contributed by atoms with Crippen LogP contribution in [0.1, 0.15) is 11.1 Å². The zero-order chi connectivity index (χ0) is 20.1. The van der Waals surface area contributed by atoms with Crippen LogP contribution in [-0.4, -0.2) is 26.4 Å². The van der Waals surface area contributed by atoms with E-state index in [2.05, 4.69) is 21.1 Å². The van der Waals surface area contributed by atoms with Crippen LogP contribution in [-0.2, 0) is 13.0 Å². The molecule has 29 heavy (non-hydrogen) atoms. The van der Waals surface area contributed by atoms with Crippen molar-refractivity contribution in [2.75, 3.05) is 12.3 Å². The standard InChI is InChI=1S/C22H20ClN5O/c23-19-4-1-5-20(13-19)29-10-9-28-15-18(22(24)27-28)11-16-6-8-26-21(12-16)17-3-2-7-25-14-17/h1-8,12-15H,9-11H2,(H2,24,27). The summed E-state index contributed by atoms with van der Waals surface area (Å²) in [6, 6.07) is 15.3. The lowest BCUT2D eigenvalue weighted by Gasteiger charge is -2.06. The number of anilines is 1. The molecule has 6 nitrogen and oxygen atoms in total. The lowest BCUT2D eigenvalue weighted by atomic mass is 10.1. The number of nitrogens with two attached hydrogens (primary N) is 1. The molecular formula is C22H20ClN5O. The van der Waals surface area contributed by atoms with Gasteiger partial charge in [-0.15, -0.1) is 0 Å². The van der Waals surface area contributed by atoms with E-state index in [1.807, 2.05) is 42.6 Å². The molecule has 0 radical (unpaired) electrons. The third-order valence-corrected chi connectivity index (χ3v) is 4.67. The maximum atomic E-state index is 6.13. The van der Waals surface area contributed by atoms with Gasteiger partial charge in [0, 0.05) is 47.4 Å². The van der Waals surface area contributed by atoms with Gasteiger partial charge in [-0.3, -0.25) is 14.6 Å². The number of nitrogen functional groups attached to an aromatic ring is 1. The molecule has 0 amide bonds. The highest BCUT2D eigenvalue weighted by molar-refractivity contribution is 6.30. The van der Waals surface area contributed by atoms with Crippen LogP contribution in [0.5, 0.6) is 5.75 Å². The molecule has 0 aliphatic carbocycles. The smallest absolute Gasteiger partial charge is 0.148 e. The molecular weight excluding hydrogens is 386 g/mol. The minimum atomic E-state index is 0.474. The van der Waals surface area contributed by atoms with Crippen molar-refractivity contribution in [2.24, 2.45) is 0 Å². The van der Waals surface area contributed by atoms with Gasteiger partial charge in [0.2, 0.25) is 0 Å². The SMILES string of the molecule is Nc1nn(CCOc2cccc(Cl)c2)cc1Cc1ccnc(-c2cccnc2)c1. The minimum absolute atomic E-state index is 0.474. The van der Waals surface area contributed by atoms with Gasteiger partial charge in [0.15, 0.2) is 0 Å². The first kappa shape index (κ1) is 19.0. The Morgan fingerprint density at radius 2 is 2.00 bits per heavy atom. The second-order valence-corrected chi connectivity index (χ2v) is 7.01. The molecule has 0 saturated carbocycles. The number of nitrogens with zero attached hydrogens (tertiary/aromatic N) is 4. The molecule has 146 valence electrons. The molecule has 0 aliphatic heterocycles. The van der Waals surface area contributed by atoms with Crippen LogP contribution in [0.15, 0.2) is 73.3 Å². The van der Waals surface area contributed by atoms with E-state index >= 15 is 0 Å². The van der Waals surface area contributed by atoms with E-state index in [4.69, 9.17) is 22.1 Å². The fourth-order valence-corrected chi connectivity index (χ4v) is 3.20. The Balaban J connectivity index is 1.41. The van der Waals surface area contributed by atoms with Gasteiger partial charge in [0.05, 0.1) is 12.2 Å². The molecule has 3 aromatic heterocycles. The third kappa shape index (κ3) is 4.92. The highest BCUT2D eigenvalue weighted by Gasteiger charge is 2.09. The van der Waals surface area contributed by atoms with E-state index in [1.54, 1.807) is 29.3 Å². The maximum absolute atomic E-state index is 6.13. The zero-order valence-electron chi connectivity index (χ0n) is 15.7. The number of pyridine rings is 2. The number of halogens is 1. The molecule has 0 bridgehead atoms. The van der Waals surface area contributed by atoms with Crippen molar-refractivity contribution < 1.29 is 4.74 Å². The van der Waals surface area contributed by atoms with Crippen molar-refractivity contribution in [1.29, 1.82) is 0 Å². The number of hydrogen-bond donors (Lipinski definition) is 1. The Morgan fingerprint density at radius 3 is 2.83 bits per heavy atom. The summed E-state index contributed by atoms with van der Waals surface area (Å²) >= 11 is 5.97. The minimum Gasteiger partial charge on any atom is -0.492 e. The van der Waals surface area contributed by atoms with Gasteiger partial charge in [-0.2, -0.15) is 5.10 Å². The summed E-state index contributed by atoms with van der Waals surface area (Å²) in [5.74, 6) is 1.25. The van der Waals surface area contributed by atoms with Gasteiger partial charge in [-0.05, 0) is 48.0 Å². The molecule has 1 aromatic carbocycles. The summed E-state index contributed by atoms with van der Waals surface area (Å²) in [6.45, 7) is 1.06. The van der Waals surface area contributed by atoms with Gasteiger partial charge in [-0.25, -0.2) is 0 Å². The summed E-state index contributed by atoms with van der Waals surface area (Å²) in [5, 5.41) is 5.05. The van der Waals surface area contributed by atoms with Crippen molar-refractivity contribution in [3.8, 4) is 17.0 Å². The van der Waals surface area contributed by atoms with Crippen LogP contribution in [0.3, 0.4) is 0 Å². The summed E-state index contributed by atoms with van der Waals surface area (Å²) in [4.78, 5) is 8.59. The fraction of sp³-hybridized carbons (Fsp3) is 0.136. The lowest BCUT2D eigenvalue weighted by Crippen LogP contribution is -2.08. The number of benzene rings is 1. The van der Waals surface area contributed by atoms with E-state index in [-0.39, 0.29) is 0 Å². The number of hydrogen-bond acceptors (Lipinski definition) is 5. The lowest BCUT2D eigenvalue weighted by molar-refractivity contribution is 0.291. The molecule has 4 aromatic rings. The van der Waals surface area contributed by atoms with E-state index < -0.39 is 0 Å². The highest BCUT2D eigenvalue weighted by atomic mass is 35.5. The van der Waals surface area contributed by atoms with Gasteiger partial charge in [0.1, 0.15) is 18.2 Å². The van der Waals surface area contributed by atoms with Crippen LogP contribution < -0.4 is 10.5 Å². The van der Waals surface area contributed by atoms with Gasteiger partial charge < -0.3 is 10.5 Å². The second-order valence-electron chi connectivity index (χ2n) is 6.58. The summed E-state index contributed by atoms with van der Waals surface area (Å²) < 4.78 is 7.53. The monoisotopic (exact) mass is 405 g/mol. The normalized spacial score (nSPS) is 10.8. The fourth-order valence-electron chi connectivity index (χ4n) is 3.02. The van der Waals surface area contributed by atoms with Crippen LogP contribution in [0.25, 0.3) is 11.3 Å². The Hall–Kier alpha value is -3.38. The number of ether oxygens (including phenoxy) is 1. The molecule has 0 spiro atoms. The Kier molecular flexibility index (Phi) is 5.72. The number of aromatic nitrogens is 4. The molecule has 0 atom stereocenters. The van der Waals surface area contributed by atoms with E-state index in [9.17, 15) is 0 Å². The van der Waals surface area contributed by atoms with E-state index in [0.29, 0.717) is 30.4 Å². The van der Waals surface area contributed by atoms with Crippen molar-refractivity contribution in [2.45, 2.75) is 13.0 Å². The Morgan fingerprint density at radius 1 is 1.07 bits per heavy atom. The average molecular weight is 406 g/mol. The molecule has 7 heteroatoms. The molecule has 0 unspecified atom stereocenters. The topological polar surface area (TPSA) is 78.8 Å². The van der Waals surface area contributed by atoms with Crippen LogP contribution in [0, 0.1) is 0 Å². The van der Waals surface area contributed by atoms with Crippen molar-refractivity contribution in [3.05, 3.63) is 89.5 Å². The van der Waals surface area contributed by atoms with E-state index in [0.717, 1.165) is 28.1 Å². The molecule has 0 aliphatic rings. The van der Waals surface area contributed by atoms with Gasteiger partial charge in [0.25, 0.3) is 0 Å². The molecule has 0 saturated heterocycles. The average Bonchev–Trinajstić information content (AvgIpc) is 3.08. The van der Waals surface area contributed by atoms with Crippen LogP contribution in [0.4, 0.5) is 5.82 Å². The van der Waals surface area contributed by atoms with Crippen molar-refractivity contribution in [1.82, 2.24) is 19.7 Å². The molecule has 2 N–H and O–H groups in total. The van der Waals surface area contributed by atoms with Gasteiger partial charge in [-0.1, -0.05) is 17.7 Å². The Labute approximate surface area is 174 Å². The van der Waals surface area contributed by atoms with Crippen LogP contribution >= 0.6 is 11.6 Å². The van der Waals surface area contributed by atoms with Crippen molar-refractivity contribution >= 4 is 17.4 Å². The maximum Gasteiger partial charge on any atom is 0.148 e. The third-order valence-electron chi connectivity index (χ3n) is 4.43. The predicted molar refractivity (Wildman–Crippen MR) is 114 cm³/mol. The molecule has 4 rings (SSSR count). The zero-order valence-corrected chi connectivity index (χ0v) is 16.5. The Bertz CT molecular complexity index is 1100. The van der Waals surface area contributed by atoms with Crippen molar-refractivity contribution in [3.63, 3.8) is 0 Å². The first-order valence-corrected chi connectivity index (χ1v) is 9.61. The summed E-state index contributed by atoms with van der Waals surface area (Å²) in [6.07, 6.45) is 7.99. The first-order chi connectivity index (χ1) is 14.2. The summed E-state index contributed by atoms with van der Waals surface area (Å²) in [7, 11) is 0. The quantitative estimate of drug-likeness (QED) is 0.497. The number of rotatable bonds is 7. The molecule has 0 fully saturated rings.